The van der Waals surface area contributed by atoms with Crippen LogP contribution in [0, 0.1) is 0 Å². The number of fused-ring (bicyclic) bond motifs is 2. The van der Waals surface area contributed by atoms with Gasteiger partial charge >= 0.3 is 0 Å². The SMILES string of the molecule is Cl.c1cc2c(c(CN3CCOC4CCCCC43)c1)NCC2. The van der Waals surface area contributed by atoms with Crippen molar-refractivity contribution in [2.24, 2.45) is 0 Å². The summed E-state index contributed by atoms with van der Waals surface area (Å²) < 4.78 is 5.99. The first-order valence-corrected chi connectivity index (χ1v) is 8.12. The number of hydrogen-bond donors (Lipinski definition) is 1. The maximum absolute atomic E-state index is 5.99. The van der Waals surface area contributed by atoms with Gasteiger partial charge in [-0.3, -0.25) is 4.90 Å². The average Bonchev–Trinajstić information content (AvgIpc) is 2.97. The molecule has 0 spiro atoms. The minimum absolute atomic E-state index is 0. The summed E-state index contributed by atoms with van der Waals surface area (Å²) in [5, 5.41) is 3.57. The number of nitrogens with one attached hydrogen (secondary N) is 1. The first-order chi connectivity index (χ1) is 9.92. The second-order valence-electron chi connectivity index (χ2n) is 6.36. The summed E-state index contributed by atoms with van der Waals surface area (Å²) >= 11 is 0. The van der Waals surface area contributed by atoms with Crippen LogP contribution in [0.5, 0.6) is 0 Å². The van der Waals surface area contributed by atoms with E-state index in [1.54, 1.807) is 0 Å². The number of hydrogen-bond acceptors (Lipinski definition) is 3. The molecule has 3 aliphatic rings. The van der Waals surface area contributed by atoms with Crippen LogP contribution in [0.4, 0.5) is 5.69 Å². The Morgan fingerprint density at radius 2 is 2.14 bits per heavy atom. The summed E-state index contributed by atoms with van der Waals surface area (Å²) in [7, 11) is 0. The largest absolute Gasteiger partial charge is 0.384 e. The molecule has 2 heterocycles. The first-order valence-electron chi connectivity index (χ1n) is 8.12. The van der Waals surface area contributed by atoms with E-state index >= 15 is 0 Å². The van der Waals surface area contributed by atoms with E-state index in [0.717, 1.165) is 26.2 Å². The molecule has 2 atom stereocenters. The molecule has 21 heavy (non-hydrogen) atoms. The second-order valence-corrected chi connectivity index (χ2v) is 6.36. The van der Waals surface area contributed by atoms with Crippen LogP contribution < -0.4 is 5.32 Å². The lowest BCUT2D eigenvalue weighted by atomic mass is 9.89. The molecule has 1 N–H and O–H groups in total. The molecule has 4 heteroatoms. The number of ether oxygens (including phenoxy) is 1. The molecule has 0 radical (unpaired) electrons. The van der Waals surface area contributed by atoms with Crippen LogP contribution in [0.25, 0.3) is 0 Å². The monoisotopic (exact) mass is 308 g/mol. The fourth-order valence-electron chi connectivity index (χ4n) is 4.13. The van der Waals surface area contributed by atoms with E-state index in [9.17, 15) is 0 Å². The zero-order valence-electron chi connectivity index (χ0n) is 12.5. The summed E-state index contributed by atoms with van der Waals surface area (Å²) in [5.41, 5.74) is 4.38. The number of para-hydroxylation sites is 1. The second kappa shape index (κ2) is 6.55. The van der Waals surface area contributed by atoms with E-state index in [2.05, 4.69) is 28.4 Å². The van der Waals surface area contributed by atoms with Gasteiger partial charge in [-0.15, -0.1) is 12.4 Å². The van der Waals surface area contributed by atoms with Crippen LogP contribution in [0.2, 0.25) is 0 Å². The van der Waals surface area contributed by atoms with E-state index in [0.29, 0.717) is 12.1 Å². The Morgan fingerprint density at radius 3 is 3.10 bits per heavy atom. The fourth-order valence-corrected chi connectivity index (χ4v) is 4.13. The van der Waals surface area contributed by atoms with Crippen LogP contribution in [0.3, 0.4) is 0 Å². The molecule has 1 aliphatic carbocycles. The van der Waals surface area contributed by atoms with Gasteiger partial charge in [0, 0.05) is 31.4 Å². The van der Waals surface area contributed by atoms with Crippen LogP contribution in [0.15, 0.2) is 18.2 Å². The van der Waals surface area contributed by atoms with E-state index in [1.165, 1.54) is 48.9 Å². The molecule has 1 saturated heterocycles. The molecule has 2 unspecified atom stereocenters. The minimum atomic E-state index is 0. The zero-order chi connectivity index (χ0) is 13.4. The Labute approximate surface area is 133 Å². The molecule has 1 saturated carbocycles. The van der Waals surface area contributed by atoms with Gasteiger partial charge in [0.25, 0.3) is 0 Å². The first kappa shape index (κ1) is 15.1. The van der Waals surface area contributed by atoms with Crippen molar-refractivity contribution in [1.29, 1.82) is 0 Å². The highest BCUT2D eigenvalue weighted by Gasteiger charge is 2.34. The standard InChI is InChI=1S/C17H24N2O.ClH/c1-2-7-16-15(6-1)19(10-11-20-16)12-14-5-3-4-13-8-9-18-17(13)14;/h3-5,15-16,18H,1-2,6-12H2;1H. The number of benzene rings is 1. The lowest BCUT2D eigenvalue weighted by molar-refractivity contribution is -0.0910. The molecule has 3 nitrogen and oxygen atoms in total. The quantitative estimate of drug-likeness (QED) is 0.908. The van der Waals surface area contributed by atoms with Gasteiger partial charge in [0.1, 0.15) is 0 Å². The van der Waals surface area contributed by atoms with Gasteiger partial charge in [0.05, 0.1) is 12.7 Å². The molecule has 2 fully saturated rings. The third-order valence-electron chi connectivity index (χ3n) is 5.15. The summed E-state index contributed by atoms with van der Waals surface area (Å²) in [5.74, 6) is 0. The molecule has 2 aliphatic heterocycles. The third kappa shape index (κ3) is 2.92. The Kier molecular flexibility index (Phi) is 4.72. The van der Waals surface area contributed by atoms with Gasteiger partial charge in [-0.25, -0.2) is 0 Å². The van der Waals surface area contributed by atoms with E-state index in [1.807, 2.05) is 0 Å². The van der Waals surface area contributed by atoms with Crippen molar-refractivity contribution in [3.63, 3.8) is 0 Å². The number of nitrogens with zero attached hydrogens (tertiary/aromatic N) is 1. The predicted molar refractivity (Wildman–Crippen MR) is 88.3 cm³/mol. The maximum Gasteiger partial charge on any atom is 0.0731 e. The highest BCUT2D eigenvalue weighted by molar-refractivity contribution is 5.85. The van der Waals surface area contributed by atoms with Gasteiger partial charge < -0.3 is 10.1 Å². The predicted octanol–water partition coefficient (Wildman–Crippen LogP) is 3.22. The van der Waals surface area contributed by atoms with Crippen LogP contribution in [-0.2, 0) is 17.7 Å². The zero-order valence-corrected chi connectivity index (χ0v) is 13.3. The number of morpholine rings is 1. The van der Waals surface area contributed by atoms with E-state index < -0.39 is 0 Å². The van der Waals surface area contributed by atoms with Crippen molar-refractivity contribution in [3.05, 3.63) is 29.3 Å². The lowest BCUT2D eigenvalue weighted by Crippen LogP contribution is -2.52. The van der Waals surface area contributed by atoms with Gasteiger partial charge in [0.2, 0.25) is 0 Å². The Hall–Kier alpha value is -0.770. The number of anilines is 1. The minimum Gasteiger partial charge on any atom is -0.384 e. The van der Waals surface area contributed by atoms with Crippen LogP contribution in [-0.4, -0.2) is 36.7 Å². The van der Waals surface area contributed by atoms with Crippen LogP contribution in [0.1, 0.15) is 36.8 Å². The van der Waals surface area contributed by atoms with E-state index in [-0.39, 0.29) is 12.4 Å². The third-order valence-corrected chi connectivity index (χ3v) is 5.15. The number of rotatable bonds is 2. The molecule has 0 aromatic heterocycles. The van der Waals surface area contributed by atoms with Crippen molar-refractivity contribution < 1.29 is 4.74 Å². The molecule has 4 rings (SSSR count). The van der Waals surface area contributed by atoms with Crippen LogP contribution >= 0.6 is 12.4 Å². The van der Waals surface area contributed by atoms with Crippen molar-refractivity contribution in [2.75, 3.05) is 25.0 Å². The summed E-state index contributed by atoms with van der Waals surface area (Å²) in [6.45, 7) is 4.18. The summed E-state index contributed by atoms with van der Waals surface area (Å²) in [6, 6.07) is 7.43. The van der Waals surface area contributed by atoms with Crippen molar-refractivity contribution in [1.82, 2.24) is 4.90 Å². The van der Waals surface area contributed by atoms with Crippen molar-refractivity contribution in [3.8, 4) is 0 Å². The molecule has 1 aromatic carbocycles. The molecule has 116 valence electrons. The van der Waals surface area contributed by atoms with Gasteiger partial charge in [-0.2, -0.15) is 0 Å². The fraction of sp³-hybridized carbons (Fsp3) is 0.647. The Morgan fingerprint density at radius 1 is 1.24 bits per heavy atom. The molecule has 0 bridgehead atoms. The summed E-state index contributed by atoms with van der Waals surface area (Å²) in [4.78, 5) is 2.67. The molecule has 0 amide bonds. The van der Waals surface area contributed by atoms with Crippen molar-refractivity contribution in [2.45, 2.75) is 50.8 Å². The average molecular weight is 309 g/mol. The van der Waals surface area contributed by atoms with Gasteiger partial charge in [-0.05, 0) is 30.4 Å². The molecule has 1 aromatic rings. The lowest BCUT2D eigenvalue weighted by Gasteiger charge is -2.44. The highest BCUT2D eigenvalue weighted by Crippen LogP contribution is 2.32. The molecular weight excluding hydrogens is 284 g/mol. The Bertz CT molecular complexity index is 492. The van der Waals surface area contributed by atoms with E-state index in [4.69, 9.17) is 4.74 Å². The Balaban J connectivity index is 0.00000132. The topological polar surface area (TPSA) is 24.5 Å². The molecular formula is C17H25ClN2O. The smallest absolute Gasteiger partial charge is 0.0731 e. The highest BCUT2D eigenvalue weighted by atomic mass is 35.5. The number of halogens is 1. The van der Waals surface area contributed by atoms with Gasteiger partial charge in [-0.1, -0.05) is 31.0 Å². The maximum atomic E-state index is 5.99. The van der Waals surface area contributed by atoms with Gasteiger partial charge in [0.15, 0.2) is 0 Å². The van der Waals surface area contributed by atoms with Crippen molar-refractivity contribution >= 4 is 18.1 Å². The summed E-state index contributed by atoms with van der Waals surface area (Å²) in [6.07, 6.45) is 6.95. The normalized spacial score (nSPS) is 28.2.